The summed E-state index contributed by atoms with van der Waals surface area (Å²) >= 11 is 0. The van der Waals surface area contributed by atoms with Crippen molar-refractivity contribution in [3.63, 3.8) is 0 Å². The highest BCUT2D eigenvalue weighted by atomic mass is 16.5. The molecule has 0 aromatic rings. The predicted octanol–water partition coefficient (Wildman–Crippen LogP) is 1.79. The summed E-state index contributed by atoms with van der Waals surface area (Å²) in [5.41, 5.74) is 0. The average Bonchev–Trinajstić information content (AvgIpc) is 2.86. The van der Waals surface area contributed by atoms with E-state index in [9.17, 15) is 9.59 Å². The molecule has 0 spiro atoms. The van der Waals surface area contributed by atoms with Gasteiger partial charge in [-0.1, -0.05) is 6.92 Å². The number of carboxylic acids is 1. The summed E-state index contributed by atoms with van der Waals surface area (Å²) in [7, 11) is 0. The molecule has 0 saturated carbocycles. The second-order valence-electron chi connectivity index (χ2n) is 6.03. The Balaban J connectivity index is 1.92. The maximum atomic E-state index is 12.6. The van der Waals surface area contributed by atoms with E-state index < -0.39 is 11.9 Å². The van der Waals surface area contributed by atoms with Crippen molar-refractivity contribution in [2.24, 2.45) is 5.92 Å². The van der Waals surface area contributed by atoms with E-state index >= 15 is 0 Å². The van der Waals surface area contributed by atoms with Crippen molar-refractivity contribution < 1.29 is 19.4 Å². The number of piperidine rings is 1. The molecule has 0 aliphatic carbocycles. The largest absolute Gasteiger partial charge is 0.481 e. The van der Waals surface area contributed by atoms with Crippen LogP contribution in [0.25, 0.3) is 0 Å². The molecule has 6 heteroatoms. The number of ether oxygens (including phenoxy) is 1. The lowest BCUT2D eigenvalue weighted by molar-refractivity contribution is -0.142. The topological polar surface area (TPSA) is 70.1 Å². The first-order chi connectivity index (χ1) is 10.0. The fourth-order valence-corrected chi connectivity index (χ4v) is 3.25. The zero-order valence-electron chi connectivity index (χ0n) is 13.0. The van der Waals surface area contributed by atoms with Gasteiger partial charge in [-0.25, -0.2) is 4.79 Å². The van der Waals surface area contributed by atoms with E-state index in [2.05, 4.69) is 6.92 Å². The van der Waals surface area contributed by atoms with Gasteiger partial charge in [-0.15, -0.1) is 0 Å². The monoisotopic (exact) mass is 298 g/mol. The van der Waals surface area contributed by atoms with Crippen LogP contribution >= 0.6 is 0 Å². The number of aliphatic carboxylic acids is 1. The maximum absolute atomic E-state index is 12.6. The fourth-order valence-electron chi connectivity index (χ4n) is 3.25. The van der Waals surface area contributed by atoms with Crippen LogP contribution in [0.1, 0.15) is 39.5 Å². The van der Waals surface area contributed by atoms with E-state index in [4.69, 9.17) is 9.84 Å². The number of likely N-dealkylation sites (tertiary alicyclic amines) is 2. The molecule has 21 heavy (non-hydrogen) atoms. The third-order valence-corrected chi connectivity index (χ3v) is 4.52. The van der Waals surface area contributed by atoms with Gasteiger partial charge in [0.1, 0.15) is 0 Å². The van der Waals surface area contributed by atoms with Gasteiger partial charge < -0.3 is 19.6 Å². The molecule has 2 aliphatic rings. The maximum Gasteiger partial charge on any atom is 0.320 e. The Kier molecular flexibility index (Phi) is 5.45. The normalized spacial score (nSPS) is 29.7. The highest BCUT2D eigenvalue weighted by Crippen LogP contribution is 2.26. The number of hydrogen-bond acceptors (Lipinski definition) is 3. The van der Waals surface area contributed by atoms with Gasteiger partial charge in [-0.3, -0.25) is 4.79 Å². The van der Waals surface area contributed by atoms with Crippen LogP contribution in [0, 0.1) is 5.92 Å². The summed E-state index contributed by atoms with van der Waals surface area (Å²) < 4.78 is 5.75. The Morgan fingerprint density at radius 1 is 1.29 bits per heavy atom. The molecule has 1 N–H and O–H groups in total. The van der Waals surface area contributed by atoms with Gasteiger partial charge in [0.2, 0.25) is 0 Å². The van der Waals surface area contributed by atoms with Crippen molar-refractivity contribution in [3.8, 4) is 0 Å². The van der Waals surface area contributed by atoms with Gasteiger partial charge in [-0.05, 0) is 32.6 Å². The second-order valence-corrected chi connectivity index (χ2v) is 6.03. The number of hydrogen-bond donors (Lipinski definition) is 1. The van der Waals surface area contributed by atoms with Crippen LogP contribution in [0.5, 0.6) is 0 Å². The van der Waals surface area contributed by atoms with Gasteiger partial charge in [-0.2, -0.15) is 0 Å². The highest BCUT2D eigenvalue weighted by Gasteiger charge is 2.40. The third-order valence-electron chi connectivity index (χ3n) is 4.52. The number of carbonyl (C=O) groups excluding carboxylic acids is 1. The minimum atomic E-state index is -0.805. The fraction of sp³-hybridized carbons (Fsp3) is 0.867. The molecule has 2 rings (SSSR count). The van der Waals surface area contributed by atoms with E-state index in [1.807, 2.05) is 11.8 Å². The van der Waals surface area contributed by atoms with Crippen LogP contribution in [0.4, 0.5) is 4.79 Å². The van der Waals surface area contributed by atoms with E-state index in [1.54, 1.807) is 4.90 Å². The molecule has 0 aromatic heterocycles. The minimum absolute atomic E-state index is 0.0314. The molecule has 2 fully saturated rings. The standard InChI is InChI=1S/C15H26N2O4/c1-3-9-21-12-5-4-7-16(10-12)15(20)17-8-6-13(11(17)2)14(18)19/h11-13H,3-10H2,1-2H3,(H,18,19). The zero-order chi connectivity index (χ0) is 15.4. The lowest BCUT2D eigenvalue weighted by Gasteiger charge is -2.36. The lowest BCUT2D eigenvalue weighted by atomic mass is 10.0. The first-order valence-corrected chi connectivity index (χ1v) is 7.94. The van der Waals surface area contributed by atoms with E-state index in [0.29, 0.717) is 19.5 Å². The van der Waals surface area contributed by atoms with Gasteiger partial charge in [0.25, 0.3) is 0 Å². The van der Waals surface area contributed by atoms with E-state index in [0.717, 1.165) is 32.4 Å². The Hall–Kier alpha value is -1.30. The molecule has 2 amide bonds. The zero-order valence-corrected chi connectivity index (χ0v) is 13.0. The Labute approximate surface area is 126 Å². The predicted molar refractivity (Wildman–Crippen MR) is 78.1 cm³/mol. The smallest absolute Gasteiger partial charge is 0.320 e. The molecule has 0 aromatic carbocycles. The first-order valence-electron chi connectivity index (χ1n) is 7.94. The molecule has 2 heterocycles. The van der Waals surface area contributed by atoms with E-state index in [-0.39, 0.29) is 18.2 Å². The Morgan fingerprint density at radius 2 is 2.05 bits per heavy atom. The van der Waals surface area contributed by atoms with Crippen molar-refractivity contribution in [1.82, 2.24) is 9.80 Å². The molecule has 0 bridgehead atoms. The summed E-state index contributed by atoms with van der Waals surface area (Å²) in [5, 5.41) is 9.16. The molecule has 3 unspecified atom stereocenters. The number of amides is 2. The average molecular weight is 298 g/mol. The quantitative estimate of drug-likeness (QED) is 0.859. The van der Waals surface area contributed by atoms with Gasteiger partial charge >= 0.3 is 12.0 Å². The molecule has 2 saturated heterocycles. The summed E-state index contributed by atoms with van der Waals surface area (Å²) in [4.78, 5) is 27.3. The van der Waals surface area contributed by atoms with Crippen LogP contribution in [-0.4, -0.2) is 65.3 Å². The molecule has 2 aliphatic heterocycles. The van der Waals surface area contributed by atoms with Gasteiger partial charge in [0.15, 0.2) is 0 Å². The summed E-state index contributed by atoms with van der Waals surface area (Å²) in [6.45, 7) is 6.54. The van der Waals surface area contributed by atoms with Crippen molar-refractivity contribution in [3.05, 3.63) is 0 Å². The molecule has 3 atom stereocenters. The summed E-state index contributed by atoms with van der Waals surface area (Å²) in [6.07, 6.45) is 3.59. The lowest BCUT2D eigenvalue weighted by Crippen LogP contribution is -2.51. The second kappa shape index (κ2) is 7.11. The molecule has 6 nitrogen and oxygen atoms in total. The molecular formula is C15H26N2O4. The number of nitrogens with zero attached hydrogens (tertiary/aromatic N) is 2. The van der Waals surface area contributed by atoms with Crippen molar-refractivity contribution in [1.29, 1.82) is 0 Å². The number of rotatable bonds is 4. The van der Waals surface area contributed by atoms with Crippen molar-refractivity contribution in [2.75, 3.05) is 26.2 Å². The van der Waals surface area contributed by atoms with Crippen LogP contribution in [0.3, 0.4) is 0 Å². The Bertz CT molecular complexity index is 388. The Morgan fingerprint density at radius 3 is 2.67 bits per heavy atom. The van der Waals surface area contributed by atoms with Gasteiger partial charge in [0.05, 0.1) is 12.0 Å². The van der Waals surface area contributed by atoms with Crippen LogP contribution in [0.2, 0.25) is 0 Å². The molecule has 120 valence electrons. The van der Waals surface area contributed by atoms with Crippen LogP contribution in [-0.2, 0) is 9.53 Å². The highest BCUT2D eigenvalue weighted by molar-refractivity contribution is 5.78. The van der Waals surface area contributed by atoms with Gasteiger partial charge in [0, 0.05) is 32.3 Å². The summed E-state index contributed by atoms with van der Waals surface area (Å²) in [6, 6.07) is -0.261. The first kappa shape index (κ1) is 16.1. The van der Waals surface area contributed by atoms with Crippen LogP contribution < -0.4 is 0 Å². The SMILES string of the molecule is CCCOC1CCCN(C(=O)N2CCC(C(=O)O)C2C)C1. The third kappa shape index (κ3) is 3.67. The minimum Gasteiger partial charge on any atom is -0.481 e. The van der Waals surface area contributed by atoms with Crippen molar-refractivity contribution >= 4 is 12.0 Å². The number of urea groups is 1. The number of carbonyl (C=O) groups is 2. The van der Waals surface area contributed by atoms with Crippen LogP contribution in [0.15, 0.2) is 0 Å². The van der Waals surface area contributed by atoms with Crippen molar-refractivity contribution in [2.45, 2.75) is 51.7 Å². The number of carboxylic acid groups (broad SMARTS) is 1. The molecular weight excluding hydrogens is 272 g/mol. The summed E-state index contributed by atoms with van der Waals surface area (Å²) in [5.74, 6) is -1.24. The molecule has 0 radical (unpaired) electrons. The van der Waals surface area contributed by atoms with E-state index in [1.165, 1.54) is 0 Å².